The first-order valence-corrected chi connectivity index (χ1v) is 8.06. The van der Waals surface area contributed by atoms with Crippen LogP contribution < -0.4 is 16.6 Å². The molecular formula is C16H18N4O3S. The lowest BCUT2D eigenvalue weighted by Crippen LogP contribution is -2.40. The molecule has 0 atom stereocenters. The molecule has 0 aliphatic rings. The number of aromatic nitrogens is 2. The van der Waals surface area contributed by atoms with Gasteiger partial charge in [-0.1, -0.05) is 20.8 Å². The van der Waals surface area contributed by atoms with Gasteiger partial charge in [0.2, 0.25) is 0 Å². The summed E-state index contributed by atoms with van der Waals surface area (Å²) in [6, 6.07) is 2.11. The van der Waals surface area contributed by atoms with Crippen molar-refractivity contribution >= 4 is 22.2 Å². The Bertz CT molecular complexity index is 967. The SMILES string of the molecule is Cn1cc(C(=O)Nc2scc(C(C)(C)C)c2C#N)c(=O)n(C)c1=O. The van der Waals surface area contributed by atoms with Crippen molar-refractivity contribution in [2.75, 3.05) is 5.32 Å². The van der Waals surface area contributed by atoms with Gasteiger partial charge in [-0.25, -0.2) is 4.79 Å². The van der Waals surface area contributed by atoms with Crippen LogP contribution in [0.25, 0.3) is 0 Å². The molecule has 0 radical (unpaired) electrons. The van der Waals surface area contributed by atoms with Gasteiger partial charge in [0, 0.05) is 20.3 Å². The van der Waals surface area contributed by atoms with Crippen LogP contribution in [-0.4, -0.2) is 15.0 Å². The lowest BCUT2D eigenvalue weighted by Gasteiger charge is -2.17. The van der Waals surface area contributed by atoms with E-state index in [4.69, 9.17) is 0 Å². The zero-order valence-corrected chi connectivity index (χ0v) is 14.9. The fraction of sp³-hybridized carbons (Fsp3) is 0.375. The first-order valence-electron chi connectivity index (χ1n) is 7.18. The minimum Gasteiger partial charge on any atom is -0.312 e. The Kier molecular flexibility index (Phi) is 4.49. The maximum absolute atomic E-state index is 12.4. The van der Waals surface area contributed by atoms with E-state index in [1.54, 1.807) is 0 Å². The molecule has 1 N–H and O–H groups in total. The lowest BCUT2D eigenvalue weighted by molar-refractivity contribution is 0.102. The lowest BCUT2D eigenvalue weighted by atomic mass is 9.86. The third kappa shape index (κ3) is 3.03. The molecular weight excluding hydrogens is 328 g/mol. The largest absolute Gasteiger partial charge is 0.330 e. The van der Waals surface area contributed by atoms with Crippen LogP contribution in [0.4, 0.5) is 5.00 Å². The summed E-state index contributed by atoms with van der Waals surface area (Å²) in [7, 11) is 2.77. The molecule has 2 rings (SSSR count). The zero-order valence-electron chi connectivity index (χ0n) is 14.1. The van der Waals surface area contributed by atoms with Gasteiger partial charge in [-0.3, -0.25) is 14.2 Å². The van der Waals surface area contributed by atoms with Crippen LogP contribution in [-0.2, 0) is 19.5 Å². The maximum Gasteiger partial charge on any atom is 0.330 e. The molecule has 1 amide bonds. The van der Waals surface area contributed by atoms with Gasteiger partial charge in [-0.05, 0) is 16.4 Å². The van der Waals surface area contributed by atoms with Crippen LogP contribution >= 0.6 is 11.3 Å². The number of nitriles is 1. The maximum atomic E-state index is 12.4. The van der Waals surface area contributed by atoms with E-state index in [1.807, 2.05) is 26.2 Å². The summed E-state index contributed by atoms with van der Waals surface area (Å²) in [6.07, 6.45) is 1.20. The van der Waals surface area contributed by atoms with E-state index in [0.717, 1.165) is 14.7 Å². The second kappa shape index (κ2) is 6.09. The number of nitrogens with zero attached hydrogens (tertiary/aromatic N) is 3. The third-order valence-corrected chi connectivity index (χ3v) is 4.52. The van der Waals surface area contributed by atoms with Crippen LogP contribution in [0.3, 0.4) is 0 Å². The van der Waals surface area contributed by atoms with Gasteiger partial charge in [0.1, 0.15) is 16.6 Å². The Morgan fingerprint density at radius 1 is 1.29 bits per heavy atom. The fourth-order valence-corrected chi connectivity index (χ4v) is 3.38. The summed E-state index contributed by atoms with van der Waals surface area (Å²) in [5, 5.41) is 14.2. The Morgan fingerprint density at radius 2 is 1.92 bits per heavy atom. The Hall–Kier alpha value is -2.66. The molecule has 8 heteroatoms. The number of aryl methyl sites for hydroxylation is 1. The van der Waals surface area contributed by atoms with E-state index in [2.05, 4.69) is 11.4 Å². The van der Waals surface area contributed by atoms with Crippen LogP contribution in [0.1, 0.15) is 42.3 Å². The molecule has 0 fully saturated rings. The highest BCUT2D eigenvalue weighted by atomic mass is 32.1. The molecule has 0 unspecified atom stereocenters. The van der Waals surface area contributed by atoms with Crippen LogP contribution in [0, 0.1) is 11.3 Å². The number of nitrogens with one attached hydrogen (secondary N) is 1. The van der Waals surface area contributed by atoms with Crippen molar-refractivity contribution in [3.8, 4) is 6.07 Å². The average Bonchev–Trinajstić information content (AvgIpc) is 2.91. The molecule has 24 heavy (non-hydrogen) atoms. The van der Waals surface area contributed by atoms with Crippen molar-refractivity contribution in [1.29, 1.82) is 5.26 Å². The second-order valence-electron chi connectivity index (χ2n) is 6.47. The summed E-state index contributed by atoms with van der Waals surface area (Å²) in [4.78, 5) is 36.2. The first-order chi connectivity index (χ1) is 11.1. The number of hydrogen-bond donors (Lipinski definition) is 1. The van der Waals surface area contributed by atoms with Crippen molar-refractivity contribution in [3.05, 3.63) is 49.1 Å². The number of thiophene rings is 1. The monoisotopic (exact) mass is 346 g/mol. The second-order valence-corrected chi connectivity index (χ2v) is 7.35. The van der Waals surface area contributed by atoms with Crippen molar-refractivity contribution in [2.45, 2.75) is 26.2 Å². The standard InChI is InChI=1S/C16H18N4O3S/c1-16(2,3)11-8-24-13(9(11)6-17)18-12(21)10-7-19(4)15(23)20(5)14(10)22/h7-8H,1-5H3,(H,18,21). The molecule has 0 saturated carbocycles. The van der Waals surface area contributed by atoms with Gasteiger partial charge in [-0.15, -0.1) is 11.3 Å². The molecule has 2 heterocycles. The van der Waals surface area contributed by atoms with E-state index < -0.39 is 17.2 Å². The molecule has 0 aliphatic carbocycles. The van der Waals surface area contributed by atoms with Crippen molar-refractivity contribution in [3.63, 3.8) is 0 Å². The summed E-state index contributed by atoms with van der Waals surface area (Å²) in [6.45, 7) is 5.93. The van der Waals surface area contributed by atoms with E-state index in [1.165, 1.54) is 31.6 Å². The average molecular weight is 346 g/mol. The van der Waals surface area contributed by atoms with E-state index >= 15 is 0 Å². The zero-order chi connectivity index (χ0) is 18.2. The number of rotatable bonds is 2. The number of anilines is 1. The fourth-order valence-electron chi connectivity index (χ4n) is 2.25. The van der Waals surface area contributed by atoms with Gasteiger partial charge in [0.25, 0.3) is 11.5 Å². The summed E-state index contributed by atoms with van der Waals surface area (Å²) >= 11 is 1.24. The van der Waals surface area contributed by atoms with Gasteiger partial charge in [0.15, 0.2) is 0 Å². The number of carbonyl (C=O) groups excluding carboxylic acids is 1. The number of hydrogen-bond acceptors (Lipinski definition) is 5. The van der Waals surface area contributed by atoms with Gasteiger partial charge in [0.05, 0.1) is 5.56 Å². The Labute approximate surface area is 142 Å². The van der Waals surface area contributed by atoms with E-state index in [-0.39, 0.29) is 11.0 Å². The molecule has 0 bridgehead atoms. The molecule has 0 aliphatic heterocycles. The smallest absolute Gasteiger partial charge is 0.312 e. The first kappa shape index (κ1) is 17.7. The normalized spacial score (nSPS) is 11.2. The predicted octanol–water partition coefficient (Wildman–Crippen LogP) is 1.57. The molecule has 2 aromatic heterocycles. The highest BCUT2D eigenvalue weighted by molar-refractivity contribution is 7.14. The van der Waals surface area contributed by atoms with Crippen molar-refractivity contribution < 1.29 is 4.79 Å². The molecule has 0 spiro atoms. The Morgan fingerprint density at radius 3 is 2.46 bits per heavy atom. The topological polar surface area (TPSA) is 96.9 Å². The minimum absolute atomic E-state index is 0.158. The van der Waals surface area contributed by atoms with Gasteiger partial charge >= 0.3 is 5.69 Å². The Balaban J connectivity index is 2.46. The van der Waals surface area contributed by atoms with Crippen molar-refractivity contribution in [2.24, 2.45) is 14.1 Å². The molecule has 2 aromatic rings. The highest BCUT2D eigenvalue weighted by Crippen LogP contribution is 2.35. The molecule has 0 aromatic carbocycles. The molecule has 0 saturated heterocycles. The number of carbonyl (C=O) groups is 1. The molecule has 126 valence electrons. The van der Waals surface area contributed by atoms with Crippen molar-refractivity contribution in [1.82, 2.24) is 9.13 Å². The predicted molar refractivity (Wildman–Crippen MR) is 92.6 cm³/mol. The number of amides is 1. The van der Waals surface area contributed by atoms with Crippen LogP contribution in [0.2, 0.25) is 0 Å². The van der Waals surface area contributed by atoms with Crippen LogP contribution in [0.5, 0.6) is 0 Å². The third-order valence-electron chi connectivity index (χ3n) is 3.63. The summed E-state index contributed by atoms with van der Waals surface area (Å²) < 4.78 is 2.03. The van der Waals surface area contributed by atoms with E-state index in [0.29, 0.717) is 10.6 Å². The van der Waals surface area contributed by atoms with E-state index in [9.17, 15) is 19.6 Å². The molecule has 7 nitrogen and oxygen atoms in total. The minimum atomic E-state index is -0.679. The van der Waals surface area contributed by atoms with Crippen LogP contribution in [0.15, 0.2) is 21.2 Å². The van der Waals surface area contributed by atoms with Gasteiger partial charge < -0.3 is 9.88 Å². The quantitative estimate of drug-likeness (QED) is 0.892. The summed E-state index contributed by atoms with van der Waals surface area (Å²) in [5.74, 6) is -0.648. The summed E-state index contributed by atoms with van der Waals surface area (Å²) in [5.41, 5.74) is -0.366. The van der Waals surface area contributed by atoms with Gasteiger partial charge in [-0.2, -0.15) is 5.26 Å². The highest BCUT2D eigenvalue weighted by Gasteiger charge is 2.24.